The summed E-state index contributed by atoms with van der Waals surface area (Å²) in [6.07, 6.45) is 6.25. The van der Waals surface area contributed by atoms with Gasteiger partial charge in [0.05, 0.1) is 0 Å². The standard InChI is InChI=1S/C12H19N3/c1-10(2)11-5-3-8-15(9-11)12-13-6-4-7-14-12/h4,6-7,10-11H,3,5,8-9H2,1-2H3. The SMILES string of the molecule is CC(C)C1CCCN(c2ncccn2)C1. The summed E-state index contributed by atoms with van der Waals surface area (Å²) in [6.45, 7) is 6.83. The Hall–Kier alpha value is -1.12. The summed E-state index contributed by atoms with van der Waals surface area (Å²) in [6, 6.07) is 1.87. The number of nitrogens with zero attached hydrogens (tertiary/aromatic N) is 3. The highest BCUT2D eigenvalue weighted by Crippen LogP contribution is 2.25. The van der Waals surface area contributed by atoms with Crippen LogP contribution in [0.1, 0.15) is 26.7 Å². The van der Waals surface area contributed by atoms with E-state index in [1.165, 1.54) is 12.8 Å². The minimum absolute atomic E-state index is 0.761. The maximum Gasteiger partial charge on any atom is 0.225 e. The minimum atomic E-state index is 0.761. The Kier molecular flexibility index (Phi) is 3.19. The van der Waals surface area contributed by atoms with Crippen LogP contribution < -0.4 is 4.90 Å². The maximum atomic E-state index is 4.31. The molecular weight excluding hydrogens is 186 g/mol. The van der Waals surface area contributed by atoms with Crippen LogP contribution in [-0.2, 0) is 0 Å². The fraction of sp³-hybridized carbons (Fsp3) is 0.667. The van der Waals surface area contributed by atoms with Crippen molar-refractivity contribution in [3.05, 3.63) is 18.5 Å². The van der Waals surface area contributed by atoms with E-state index in [4.69, 9.17) is 0 Å². The third-order valence-corrected chi connectivity index (χ3v) is 3.24. The van der Waals surface area contributed by atoms with Gasteiger partial charge >= 0.3 is 0 Å². The van der Waals surface area contributed by atoms with Crippen LogP contribution >= 0.6 is 0 Å². The monoisotopic (exact) mass is 205 g/mol. The Labute approximate surface area is 91.5 Å². The third-order valence-electron chi connectivity index (χ3n) is 3.24. The van der Waals surface area contributed by atoms with E-state index < -0.39 is 0 Å². The second kappa shape index (κ2) is 4.60. The first-order chi connectivity index (χ1) is 7.27. The van der Waals surface area contributed by atoms with Crippen molar-refractivity contribution in [2.75, 3.05) is 18.0 Å². The fourth-order valence-electron chi connectivity index (χ4n) is 2.19. The number of piperidine rings is 1. The molecular formula is C12H19N3. The van der Waals surface area contributed by atoms with Crippen molar-refractivity contribution in [3.8, 4) is 0 Å². The summed E-state index contributed by atoms with van der Waals surface area (Å²) in [5.41, 5.74) is 0. The van der Waals surface area contributed by atoms with E-state index in [0.717, 1.165) is 30.9 Å². The number of hydrogen-bond donors (Lipinski definition) is 0. The van der Waals surface area contributed by atoms with Gasteiger partial charge in [-0.25, -0.2) is 9.97 Å². The molecule has 0 saturated carbocycles. The molecule has 3 heteroatoms. The lowest BCUT2D eigenvalue weighted by Crippen LogP contribution is -2.38. The lowest BCUT2D eigenvalue weighted by Gasteiger charge is -2.34. The van der Waals surface area contributed by atoms with Gasteiger partial charge in [0.2, 0.25) is 5.95 Å². The topological polar surface area (TPSA) is 29.0 Å². The third kappa shape index (κ3) is 2.46. The summed E-state index contributed by atoms with van der Waals surface area (Å²) in [5, 5.41) is 0. The maximum absolute atomic E-state index is 4.31. The van der Waals surface area contributed by atoms with E-state index in [2.05, 4.69) is 28.7 Å². The average molecular weight is 205 g/mol. The van der Waals surface area contributed by atoms with Gasteiger partial charge in [-0.2, -0.15) is 0 Å². The van der Waals surface area contributed by atoms with Crippen LogP contribution in [0.5, 0.6) is 0 Å². The van der Waals surface area contributed by atoms with Crippen molar-refractivity contribution in [3.63, 3.8) is 0 Å². The zero-order valence-corrected chi connectivity index (χ0v) is 9.56. The highest BCUT2D eigenvalue weighted by molar-refractivity contribution is 5.29. The van der Waals surface area contributed by atoms with Gasteiger partial charge in [-0.05, 0) is 30.7 Å². The van der Waals surface area contributed by atoms with Crippen LogP contribution in [0, 0.1) is 11.8 Å². The zero-order valence-electron chi connectivity index (χ0n) is 9.56. The molecule has 1 aromatic heterocycles. The van der Waals surface area contributed by atoms with Crippen molar-refractivity contribution < 1.29 is 0 Å². The molecule has 82 valence electrons. The van der Waals surface area contributed by atoms with Crippen molar-refractivity contribution in [2.24, 2.45) is 11.8 Å². The van der Waals surface area contributed by atoms with Gasteiger partial charge in [0.15, 0.2) is 0 Å². The number of anilines is 1. The summed E-state index contributed by atoms with van der Waals surface area (Å²) < 4.78 is 0. The van der Waals surface area contributed by atoms with Crippen LogP contribution in [0.3, 0.4) is 0 Å². The molecule has 0 N–H and O–H groups in total. The molecule has 0 amide bonds. The predicted molar refractivity (Wildman–Crippen MR) is 61.8 cm³/mol. The molecule has 2 rings (SSSR count). The molecule has 1 unspecified atom stereocenters. The van der Waals surface area contributed by atoms with Crippen LogP contribution in [0.15, 0.2) is 18.5 Å². The lowest BCUT2D eigenvalue weighted by atomic mass is 9.88. The normalized spacial score (nSPS) is 22.1. The molecule has 2 heterocycles. The number of rotatable bonds is 2. The Morgan fingerprint density at radius 1 is 1.33 bits per heavy atom. The van der Waals surface area contributed by atoms with Crippen molar-refractivity contribution in [2.45, 2.75) is 26.7 Å². The highest BCUT2D eigenvalue weighted by Gasteiger charge is 2.23. The molecule has 1 atom stereocenters. The number of hydrogen-bond acceptors (Lipinski definition) is 3. The molecule has 15 heavy (non-hydrogen) atoms. The van der Waals surface area contributed by atoms with E-state index in [1.807, 2.05) is 18.5 Å². The second-order valence-corrected chi connectivity index (χ2v) is 4.64. The van der Waals surface area contributed by atoms with Crippen LogP contribution in [0.25, 0.3) is 0 Å². The van der Waals surface area contributed by atoms with Crippen molar-refractivity contribution in [1.29, 1.82) is 0 Å². The van der Waals surface area contributed by atoms with Crippen molar-refractivity contribution in [1.82, 2.24) is 9.97 Å². The second-order valence-electron chi connectivity index (χ2n) is 4.64. The van der Waals surface area contributed by atoms with Crippen LogP contribution in [0.2, 0.25) is 0 Å². The van der Waals surface area contributed by atoms with Gasteiger partial charge in [0.1, 0.15) is 0 Å². The van der Waals surface area contributed by atoms with Crippen molar-refractivity contribution >= 4 is 5.95 Å². The Bertz CT molecular complexity index is 297. The van der Waals surface area contributed by atoms with Gasteiger partial charge in [0.25, 0.3) is 0 Å². The Morgan fingerprint density at radius 3 is 2.73 bits per heavy atom. The minimum Gasteiger partial charge on any atom is -0.341 e. The molecule has 1 aromatic rings. The van der Waals surface area contributed by atoms with Crippen LogP contribution in [0.4, 0.5) is 5.95 Å². The fourth-order valence-corrected chi connectivity index (χ4v) is 2.19. The lowest BCUT2D eigenvalue weighted by molar-refractivity contribution is 0.319. The van der Waals surface area contributed by atoms with Gasteiger partial charge in [-0.3, -0.25) is 0 Å². The van der Waals surface area contributed by atoms with Gasteiger partial charge in [0, 0.05) is 25.5 Å². The molecule has 3 nitrogen and oxygen atoms in total. The van der Waals surface area contributed by atoms with E-state index in [9.17, 15) is 0 Å². The quantitative estimate of drug-likeness (QED) is 0.742. The molecule has 0 aromatic carbocycles. The van der Waals surface area contributed by atoms with Gasteiger partial charge in [-0.15, -0.1) is 0 Å². The van der Waals surface area contributed by atoms with Gasteiger partial charge in [-0.1, -0.05) is 13.8 Å². The molecule has 0 bridgehead atoms. The molecule has 1 aliphatic rings. The Morgan fingerprint density at radius 2 is 2.07 bits per heavy atom. The summed E-state index contributed by atoms with van der Waals surface area (Å²) in [5.74, 6) is 2.45. The molecule has 0 aliphatic carbocycles. The van der Waals surface area contributed by atoms with Crippen LogP contribution in [-0.4, -0.2) is 23.1 Å². The first-order valence-electron chi connectivity index (χ1n) is 5.79. The van der Waals surface area contributed by atoms with E-state index in [1.54, 1.807) is 0 Å². The van der Waals surface area contributed by atoms with E-state index >= 15 is 0 Å². The Balaban J connectivity index is 2.05. The summed E-state index contributed by atoms with van der Waals surface area (Å²) in [7, 11) is 0. The first kappa shape index (κ1) is 10.4. The molecule has 0 spiro atoms. The molecule has 1 fully saturated rings. The predicted octanol–water partition coefficient (Wildman–Crippen LogP) is 2.35. The van der Waals surface area contributed by atoms with E-state index in [0.29, 0.717) is 0 Å². The first-order valence-corrected chi connectivity index (χ1v) is 5.79. The summed E-state index contributed by atoms with van der Waals surface area (Å²) >= 11 is 0. The molecule has 1 aliphatic heterocycles. The van der Waals surface area contributed by atoms with Gasteiger partial charge < -0.3 is 4.90 Å². The van der Waals surface area contributed by atoms with E-state index in [-0.39, 0.29) is 0 Å². The zero-order chi connectivity index (χ0) is 10.7. The molecule has 1 saturated heterocycles. The number of aromatic nitrogens is 2. The largest absolute Gasteiger partial charge is 0.341 e. The average Bonchev–Trinajstić information content (AvgIpc) is 2.30. The molecule has 0 radical (unpaired) electrons. The highest BCUT2D eigenvalue weighted by atomic mass is 15.2. The summed E-state index contributed by atoms with van der Waals surface area (Å²) in [4.78, 5) is 10.9. The smallest absolute Gasteiger partial charge is 0.225 e.